The summed E-state index contributed by atoms with van der Waals surface area (Å²) in [7, 11) is 0. The molecule has 0 saturated carbocycles. The highest BCUT2D eigenvalue weighted by molar-refractivity contribution is 5.05. The fourth-order valence-electron chi connectivity index (χ4n) is 2.33. The van der Waals surface area contributed by atoms with E-state index in [1.54, 1.807) is 10.7 Å². The zero-order valence-corrected chi connectivity index (χ0v) is 11.5. The highest BCUT2D eigenvalue weighted by atomic mass is 19.1. The van der Waals surface area contributed by atoms with Crippen molar-refractivity contribution in [1.29, 1.82) is 0 Å². The standard InChI is InChI=1S/C14H23FN3/c1-11(2)12(3)13-5-4-6-14(15)18(13)17-9-7-16-8-10-17/h4-6,11-12,16H,7-10H2,1-3H3/q+1. The van der Waals surface area contributed by atoms with Crippen LogP contribution in [0.4, 0.5) is 4.39 Å². The molecule has 2 heterocycles. The Morgan fingerprint density at radius 3 is 2.50 bits per heavy atom. The molecule has 1 aromatic rings. The lowest BCUT2D eigenvalue weighted by molar-refractivity contribution is -0.729. The molecule has 2 rings (SSSR count). The Kier molecular flexibility index (Phi) is 4.17. The van der Waals surface area contributed by atoms with Crippen LogP contribution in [-0.2, 0) is 0 Å². The average Bonchev–Trinajstić information content (AvgIpc) is 2.38. The highest BCUT2D eigenvalue weighted by Crippen LogP contribution is 2.20. The van der Waals surface area contributed by atoms with Crippen LogP contribution in [-0.4, -0.2) is 26.2 Å². The van der Waals surface area contributed by atoms with E-state index in [0.717, 1.165) is 31.9 Å². The van der Waals surface area contributed by atoms with Gasteiger partial charge in [0.05, 0.1) is 13.1 Å². The van der Waals surface area contributed by atoms with Gasteiger partial charge < -0.3 is 5.32 Å². The highest BCUT2D eigenvalue weighted by Gasteiger charge is 2.29. The molecular weight excluding hydrogens is 229 g/mol. The van der Waals surface area contributed by atoms with Crippen LogP contribution < -0.4 is 15.0 Å². The van der Waals surface area contributed by atoms with E-state index in [4.69, 9.17) is 0 Å². The molecule has 1 saturated heterocycles. The molecule has 1 aliphatic rings. The summed E-state index contributed by atoms with van der Waals surface area (Å²) in [5.41, 5.74) is 1.06. The van der Waals surface area contributed by atoms with E-state index < -0.39 is 0 Å². The zero-order chi connectivity index (χ0) is 13.1. The van der Waals surface area contributed by atoms with Crippen LogP contribution in [0.25, 0.3) is 0 Å². The van der Waals surface area contributed by atoms with Crippen molar-refractivity contribution >= 4 is 0 Å². The molecule has 1 aromatic heterocycles. The first-order chi connectivity index (χ1) is 8.61. The van der Waals surface area contributed by atoms with Crippen molar-refractivity contribution in [2.75, 3.05) is 31.2 Å². The molecule has 100 valence electrons. The van der Waals surface area contributed by atoms with Gasteiger partial charge in [-0.05, 0) is 12.0 Å². The maximum atomic E-state index is 14.2. The molecule has 1 fully saturated rings. The first-order valence-corrected chi connectivity index (χ1v) is 6.77. The zero-order valence-electron chi connectivity index (χ0n) is 11.5. The fraction of sp³-hybridized carbons (Fsp3) is 0.643. The molecule has 4 heteroatoms. The van der Waals surface area contributed by atoms with E-state index >= 15 is 0 Å². The van der Waals surface area contributed by atoms with Gasteiger partial charge in [0, 0.05) is 31.1 Å². The van der Waals surface area contributed by atoms with Crippen LogP contribution in [0.2, 0.25) is 0 Å². The Labute approximate surface area is 109 Å². The molecular formula is C14H23FN3+. The van der Waals surface area contributed by atoms with Crippen LogP contribution in [0.3, 0.4) is 0 Å². The maximum absolute atomic E-state index is 14.2. The van der Waals surface area contributed by atoms with Crippen molar-refractivity contribution in [3.05, 3.63) is 29.8 Å². The number of nitrogens with one attached hydrogen (secondary N) is 1. The van der Waals surface area contributed by atoms with E-state index in [1.807, 2.05) is 12.1 Å². The summed E-state index contributed by atoms with van der Waals surface area (Å²) in [5, 5.41) is 5.40. The topological polar surface area (TPSA) is 19.1 Å². The smallest absolute Gasteiger partial charge is 0.313 e. The van der Waals surface area contributed by atoms with Crippen molar-refractivity contribution < 1.29 is 9.07 Å². The van der Waals surface area contributed by atoms with Crippen LogP contribution in [0, 0.1) is 11.9 Å². The fourth-order valence-corrected chi connectivity index (χ4v) is 2.33. The minimum atomic E-state index is -0.165. The molecule has 0 radical (unpaired) electrons. The predicted octanol–water partition coefficient (Wildman–Crippen LogP) is 1.41. The van der Waals surface area contributed by atoms with E-state index in [0.29, 0.717) is 11.8 Å². The van der Waals surface area contributed by atoms with Crippen LogP contribution in [0.5, 0.6) is 0 Å². The Balaban J connectivity index is 2.37. The molecule has 1 aliphatic heterocycles. The van der Waals surface area contributed by atoms with E-state index in [9.17, 15) is 4.39 Å². The number of aromatic nitrogens is 1. The summed E-state index contributed by atoms with van der Waals surface area (Å²) in [4.78, 5) is 0. The Hall–Kier alpha value is -1.16. The monoisotopic (exact) mass is 252 g/mol. The van der Waals surface area contributed by atoms with Crippen molar-refractivity contribution in [2.24, 2.45) is 5.92 Å². The van der Waals surface area contributed by atoms with Gasteiger partial charge in [0.2, 0.25) is 5.69 Å². The summed E-state index contributed by atoms with van der Waals surface area (Å²) in [5.74, 6) is 0.679. The molecule has 1 unspecified atom stereocenters. The van der Waals surface area contributed by atoms with Crippen molar-refractivity contribution in [2.45, 2.75) is 26.7 Å². The Morgan fingerprint density at radius 1 is 1.22 bits per heavy atom. The molecule has 0 spiro atoms. The molecule has 0 bridgehead atoms. The minimum Gasteiger partial charge on any atom is -0.313 e. The second-order valence-electron chi connectivity index (χ2n) is 5.32. The molecule has 0 amide bonds. The van der Waals surface area contributed by atoms with Gasteiger partial charge in [0.1, 0.15) is 0 Å². The second-order valence-corrected chi connectivity index (χ2v) is 5.32. The lowest BCUT2D eigenvalue weighted by atomic mass is 9.94. The van der Waals surface area contributed by atoms with E-state index in [2.05, 4.69) is 31.1 Å². The van der Waals surface area contributed by atoms with Gasteiger partial charge in [-0.15, -0.1) is 4.39 Å². The molecule has 3 nitrogen and oxygen atoms in total. The first-order valence-electron chi connectivity index (χ1n) is 6.77. The van der Waals surface area contributed by atoms with Crippen molar-refractivity contribution in [3.8, 4) is 0 Å². The number of nitrogens with zero attached hydrogens (tertiary/aromatic N) is 2. The number of halogens is 1. The Morgan fingerprint density at radius 2 is 1.89 bits per heavy atom. The molecule has 0 aromatic carbocycles. The maximum Gasteiger partial charge on any atom is 0.388 e. The number of piperazine rings is 1. The van der Waals surface area contributed by atoms with Crippen LogP contribution in [0.1, 0.15) is 32.4 Å². The third-order valence-electron chi connectivity index (χ3n) is 3.79. The van der Waals surface area contributed by atoms with Gasteiger partial charge in [0.25, 0.3) is 0 Å². The van der Waals surface area contributed by atoms with E-state index in [-0.39, 0.29) is 5.95 Å². The number of hydrogen-bond acceptors (Lipinski definition) is 2. The molecule has 18 heavy (non-hydrogen) atoms. The van der Waals surface area contributed by atoms with Gasteiger partial charge in [-0.25, -0.2) is 0 Å². The number of rotatable bonds is 3. The summed E-state index contributed by atoms with van der Waals surface area (Å²) < 4.78 is 15.9. The largest absolute Gasteiger partial charge is 0.388 e. The molecule has 0 aliphatic carbocycles. The van der Waals surface area contributed by atoms with Crippen LogP contribution in [0.15, 0.2) is 18.2 Å². The lowest BCUT2D eigenvalue weighted by Gasteiger charge is -2.26. The number of hydrogen-bond donors (Lipinski definition) is 1. The van der Waals surface area contributed by atoms with Crippen molar-refractivity contribution in [3.63, 3.8) is 0 Å². The summed E-state index contributed by atoms with van der Waals surface area (Å²) >= 11 is 0. The van der Waals surface area contributed by atoms with Gasteiger partial charge in [-0.1, -0.05) is 25.4 Å². The lowest BCUT2D eigenvalue weighted by Crippen LogP contribution is -2.67. The van der Waals surface area contributed by atoms with Crippen molar-refractivity contribution in [1.82, 2.24) is 5.32 Å². The average molecular weight is 252 g/mol. The Bertz CT molecular complexity index is 400. The normalized spacial score (nSPS) is 18.2. The third kappa shape index (κ3) is 2.64. The summed E-state index contributed by atoms with van der Waals surface area (Å²) in [6.07, 6.45) is 0. The van der Waals surface area contributed by atoms with Gasteiger partial charge in [-0.2, -0.15) is 5.01 Å². The predicted molar refractivity (Wildman–Crippen MR) is 70.7 cm³/mol. The summed E-state index contributed by atoms with van der Waals surface area (Å²) in [6, 6.07) is 5.39. The minimum absolute atomic E-state index is 0.165. The summed E-state index contributed by atoms with van der Waals surface area (Å²) in [6.45, 7) is 10.0. The molecule has 1 atom stereocenters. The van der Waals surface area contributed by atoms with Gasteiger partial charge in [0.15, 0.2) is 0 Å². The van der Waals surface area contributed by atoms with Crippen LogP contribution >= 0.6 is 0 Å². The second kappa shape index (κ2) is 5.65. The first kappa shape index (κ1) is 13.3. The quantitative estimate of drug-likeness (QED) is 0.648. The third-order valence-corrected chi connectivity index (χ3v) is 3.79. The molecule has 1 N–H and O–H groups in total. The van der Waals surface area contributed by atoms with E-state index in [1.165, 1.54) is 0 Å². The van der Waals surface area contributed by atoms with Gasteiger partial charge in [-0.3, -0.25) is 0 Å². The number of pyridine rings is 1. The van der Waals surface area contributed by atoms with Gasteiger partial charge >= 0.3 is 5.95 Å². The SMILES string of the molecule is CC(C)C(C)c1cccc(F)[n+]1N1CCNCC1.